The van der Waals surface area contributed by atoms with Crippen LogP contribution in [0.5, 0.6) is 0 Å². The van der Waals surface area contributed by atoms with Crippen LogP contribution < -0.4 is 16.4 Å². The van der Waals surface area contributed by atoms with Crippen molar-refractivity contribution in [2.24, 2.45) is 0 Å². The summed E-state index contributed by atoms with van der Waals surface area (Å²) in [5.74, 6) is -0.144. The van der Waals surface area contributed by atoms with Gasteiger partial charge in [-0.05, 0) is 49.6 Å². The summed E-state index contributed by atoms with van der Waals surface area (Å²) in [5, 5.41) is 5.76. The van der Waals surface area contributed by atoms with E-state index in [1.165, 1.54) is 0 Å². The van der Waals surface area contributed by atoms with Gasteiger partial charge < -0.3 is 21.4 Å². The van der Waals surface area contributed by atoms with Crippen LogP contribution in [-0.4, -0.2) is 27.8 Å². The highest BCUT2D eigenvalue weighted by molar-refractivity contribution is 5.97. The number of hydrogen-bond donors (Lipinski definition) is 4. The van der Waals surface area contributed by atoms with Gasteiger partial charge in [0.25, 0.3) is 5.91 Å². The average molecular weight is 406 g/mol. The molecule has 0 saturated heterocycles. The normalized spacial score (nSPS) is 11.7. The third-order valence-electron chi connectivity index (χ3n) is 4.87. The van der Waals surface area contributed by atoms with E-state index in [9.17, 15) is 9.59 Å². The minimum Gasteiger partial charge on any atom is -0.384 e. The Bertz CT molecular complexity index is 1020. The van der Waals surface area contributed by atoms with Crippen molar-refractivity contribution in [1.82, 2.24) is 20.6 Å². The Morgan fingerprint density at radius 2 is 1.77 bits per heavy atom. The van der Waals surface area contributed by atoms with Gasteiger partial charge in [-0.25, -0.2) is 4.98 Å². The Balaban J connectivity index is 1.74. The van der Waals surface area contributed by atoms with Crippen molar-refractivity contribution in [3.05, 3.63) is 82.3 Å². The Morgan fingerprint density at radius 1 is 1.07 bits per heavy atom. The van der Waals surface area contributed by atoms with Gasteiger partial charge in [0.05, 0.1) is 0 Å². The molecule has 1 aromatic carbocycles. The van der Waals surface area contributed by atoms with Crippen molar-refractivity contribution in [1.29, 1.82) is 0 Å². The Hall–Kier alpha value is -3.61. The maximum absolute atomic E-state index is 12.9. The Morgan fingerprint density at radius 3 is 2.37 bits per heavy atom. The molecule has 5 N–H and O–H groups in total. The third kappa shape index (κ3) is 5.47. The lowest BCUT2D eigenvalue weighted by Crippen LogP contribution is -2.48. The zero-order chi connectivity index (χ0) is 21.7. The van der Waals surface area contributed by atoms with E-state index in [2.05, 4.69) is 20.6 Å². The van der Waals surface area contributed by atoms with Crippen molar-refractivity contribution in [3.8, 4) is 0 Å². The van der Waals surface area contributed by atoms with Crippen LogP contribution >= 0.6 is 0 Å². The molecule has 0 aliphatic rings. The molecule has 0 aliphatic heterocycles. The summed E-state index contributed by atoms with van der Waals surface area (Å²) in [4.78, 5) is 32.8. The number of amides is 2. The van der Waals surface area contributed by atoms with Crippen molar-refractivity contribution in [2.45, 2.75) is 39.8 Å². The molecule has 156 valence electrons. The number of aryl methyl sites for hydroxylation is 3. The molecule has 0 unspecified atom stereocenters. The van der Waals surface area contributed by atoms with Crippen LogP contribution in [0.3, 0.4) is 0 Å². The number of carbonyl (C=O) groups is 2. The number of benzene rings is 1. The molecule has 0 fully saturated rings. The number of hydrogen-bond acceptors (Lipinski definition) is 4. The average Bonchev–Trinajstić information content (AvgIpc) is 3.06. The van der Waals surface area contributed by atoms with Gasteiger partial charge in [0.2, 0.25) is 5.91 Å². The lowest BCUT2D eigenvalue weighted by Gasteiger charge is -2.19. The van der Waals surface area contributed by atoms with Gasteiger partial charge >= 0.3 is 0 Å². The van der Waals surface area contributed by atoms with Crippen LogP contribution in [0, 0.1) is 20.8 Å². The lowest BCUT2D eigenvalue weighted by atomic mass is 10.0. The van der Waals surface area contributed by atoms with E-state index in [0.717, 1.165) is 27.9 Å². The number of nitrogens with one attached hydrogen (secondary N) is 3. The highest BCUT2D eigenvalue weighted by Gasteiger charge is 2.23. The Kier molecular flexibility index (Phi) is 6.51. The topological polar surface area (TPSA) is 113 Å². The monoisotopic (exact) mass is 405 g/mol. The second kappa shape index (κ2) is 9.26. The number of carbonyl (C=O) groups excluding carboxylic acids is 2. The van der Waals surface area contributed by atoms with E-state index in [1.807, 2.05) is 51.1 Å². The van der Waals surface area contributed by atoms with Crippen molar-refractivity contribution in [3.63, 3.8) is 0 Å². The van der Waals surface area contributed by atoms with Gasteiger partial charge in [-0.3, -0.25) is 9.59 Å². The molecule has 3 aromatic rings. The van der Waals surface area contributed by atoms with Crippen LogP contribution in [0.1, 0.15) is 38.4 Å². The number of rotatable bonds is 7. The first-order valence-corrected chi connectivity index (χ1v) is 9.82. The number of nitrogens with two attached hydrogens (primary N) is 1. The van der Waals surface area contributed by atoms with Crippen LogP contribution in [0.2, 0.25) is 0 Å². The van der Waals surface area contributed by atoms with Gasteiger partial charge in [0.1, 0.15) is 17.6 Å². The van der Waals surface area contributed by atoms with Crippen LogP contribution in [-0.2, 0) is 17.8 Å². The van der Waals surface area contributed by atoms with Gasteiger partial charge in [-0.2, -0.15) is 0 Å². The summed E-state index contributed by atoms with van der Waals surface area (Å²) in [5.41, 5.74) is 10.7. The molecule has 2 heterocycles. The molecule has 2 aromatic heterocycles. The second-order valence-electron chi connectivity index (χ2n) is 7.54. The summed E-state index contributed by atoms with van der Waals surface area (Å²) in [6.45, 7) is 6.06. The molecule has 1 atom stereocenters. The smallest absolute Gasteiger partial charge is 0.268 e. The standard InChI is InChI=1S/C23H27N5O2/c1-14-4-6-17(7-5-14)11-19(28-23(30)21-15(2)10-16(3)27-21)22(29)26-13-18-8-9-20(24)25-12-18/h4-10,12,19,27H,11,13H2,1-3H3,(H2,24,25)(H,26,29)(H,28,30)/t19-/m0/s1. The number of nitrogens with zero attached hydrogens (tertiary/aromatic N) is 1. The van der Waals surface area contributed by atoms with E-state index < -0.39 is 6.04 Å². The fourth-order valence-electron chi connectivity index (χ4n) is 3.22. The molecule has 2 amide bonds. The molecule has 7 nitrogen and oxygen atoms in total. The predicted molar refractivity (Wildman–Crippen MR) is 117 cm³/mol. The lowest BCUT2D eigenvalue weighted by molar-refractivity contribution is -0.123. The first-order chi connectivity index (χ1) is 14.3. The third-order valence-corrected chi connectivity index (χ3v) is 4.87. The van der Waals surface area contributed by atoms with E-state index in [0.29, 0.717) is 24.5 Å². The van der Waals surface area contributed by atoms with Crippen molar-refractivity contribution in [2.75, 3.05) is 5.73 Å². The summed E-state index contributed by atoms with van der Waals surface area (Å²) in [7, 11) is 0. The van der Waals surface area contributed by atoms with E-state index >= 15 is 0 Å². The molecular weight excluding hydrogens is 378 g/mol. The zero-order valence-corrected chi connectivity index (χ0v) is 17.5. The van der Waals surface area contributed by atoms with Crippen molar-refractivity contribution >= 4 is 17.6 Å². The number of aromatic amines is 1. The summed E-state index contributed by atoms with van der Waals surface area (Å²) in [6, 6.07) is 12.6. The molecule has 0 bridgehead atoms. The van der Waals surface area contributed by atoms with Crippen LogP contribution in [0.25, 0.3) is 0 Å². The molecule has 30 heavy (non-hydrogen) atoms. The quantitative estimate of drug-likeness (QED) is 0.484. The molecule has 0 saturated carbocycles. The fraction of sp³-hybridized carbons (Fsp3) is 0.261. The van der Waals surface area contributed by atoms with E-state index in [1.54, 1.807) is 18.3 Å². The number of H-pyrrole nitrogens is 1. The van der Waals surface area contributed by atoms with Crippen LogP contribution in [0.15, 0.2) is 48.7 Å². The fourth-order valence-corrected chi connectivity index (χ4v) is 3.22. The Labute approximate surface area is 176 Å². The van der Waals surface area contributed by atoms with E-state index in [4.69, 9.17) is 5.73 Å². The maximum Gasteiger partial charge on any atom is 0.268 e. The highest BCUT2D eigenvalue weighted by Crippen LogP contribution is 2.11. The highest BCUT2D eigenvalue weighted by atomic mass is 16.2. The summed E-state index contributed by atoms with van der Waals surface area (Å²) >= 11 is 0. The molecule has 0 radical (unpaired) electrons. The molecular formula is C23H27N5O2. The number of aromatic nitrogens is 2. The molecule has 3 rings (SSSR count). The van der Waals surface area contributed by atoms with Gasteiger partial charge in [-0.15, -0.1) is 0 Å². The largest absolute Gasteiger partial charge is 0.384 e. The number of pyridine rings is 1. The number of anilines is 1. The van der Waals surface area contributed by atoms with E-state index in [-0.39, 0.29) is 11.8 Å². The predicted octanol–water partition coefficient (Wildman–Crippen LogP) is 2.57. The molecule has 0 aliphatic carbocycles. The summed E-state index contributed by atoms with van der Waals surface area (Å²) < 4.78 is 0. The molecule has 7 heteroatoms. The number of nitrogen functional groups attached to an aromatic ring is 1. The minimum atomic E-state index is -0.718. The van der Waals surface area contributed by atoms with Crippen molar-refractivity contribution < 1.29 is 9.59 Å². The first-order valence-electron chi connectivity index (χ1n) is 9.82. The maximum atomic E-state index is 12.9. The van der Waals surface area contributed by atoms with Crippen LogP contribution in [0.4, 0.5) is 5.82 Å². The second-order valence-corrected chi connectivity index (χ2v) is 7.54. The SMILES string of the molecule is Cc1ccc(C[C@H](NC(=O)c2[nH]c(C)cc2C)C(=O)NCc2ccc(N)nc2)cc1. The minimum absolute atomic E-state index is 0.262. The molecule has 0 spiro atoms. The van der Waals surface area contributed by atoms with Gasteiger partial charge in [-0.1, -0.05) is 35.9 Å². The summed E-state index contributed by atoms with van der Waals surface area (Å²) in [6.07, 6.45) is 2.00. The zero-order valence-electron chi connectivity index (χ0n) is 17.5. The van der Waals surface area contributed by atoms with Gasteiger partial charge in [0, 0.05) is 24.9 Å². The first kappa shape index (κ1) is 21.1. The van der Waals surface area contributed by atoms with Gasteiger partial charge in [0.15, 0.2) is 0 Å².